The van der Waals surface area contributed by atoms with Crippen LogP contribution in [0.5, 0.6) is 5.75 Å². The van der Waals surface area contributed by atoms with E-state index in [0.717, 1.165) is 0 Å². The number of nitro groups is 1. The van der Waals surface area contributed by atoms with Crippen molar-refractivity contribution in [2.45, 2.75) is 18.7 Å². The van der Waals surface area contributed by atoms with E-state index in [2.05, 4.69) is 20.9 Å². The van der Waals surface area contributed by atoms with E-state index in [1.807, 2.05) is 26.0 Å². The van der Waals surface area contributed by atoms with Gasteiger partial charge in [0.2, 0.25) is 0 Å². The van der Waals surface area contributed by atoms with Gasteiger partial charge in [0.15, 0.2) is 0 Å². The van der Waals surface area contributed by atoms with Crippen molar-refractivity contribution in [1.82, 2.24) is 9.55 Å². The van der Waals surface area contributed by atoms with Crippen LogP contribution in [0.15, 0.2) is 47.3 Å². The summed E-state index contributed by atoms with van der Waals surface area (Å²) in [6.45, 7) is 4.16. The Morgan fingerprint density at radius 3 is 2.69 bits per heavy atom. The van der Waals surface area contributed by atoms with Gasteiger partial charge in [0.1, 0.15) is 11.6 Å². The third kappa shape index (κ3) is 3.20. The van der Waals surface area contributed by atoms with Gasteiger partial charge in [-0.25, -0.2) is 4.98 Å². The minimum Gasteiger partial charge on any atom is -0.492 e. The second-order valence-electron chi connectivity index (χ2n) is 5.59. The molecular weight excluding hydrogens is 402 g/mol. The lowest BCUT2D eigenvalue weighted by Crippen LogP contribution is -2.24. The molecule has 0 spiro atoms. The van der Waals surface area contributed by atoms with E-state index in [-0.39, 0.29) is 21.6 Å². The Morgan fingerprint density at radius 1 is 1.31 bits per heavy atom. The predicted molar refractivity (Wildman–Crippen MR) is 103 cm³/mol. The number of hydrogen-bond donors (Lipinski definition) is 0. The van der Waals surface area contributed by atoms with Crippen LogP contribution in [0.25, 0.3) is 16.6 Å². The Kier molecular flexibility index (Phi) is 5.03. The molecule has 0 saturated carbocycles. The molecule has 3 aromatic rings. The Morgan fingerprint density at radius 2 is 2.04 bits per heavy atom. The molecule has 3 rings (SSSR count). The van der Waals surface area contributed by atoms with Gasteiger partial charge in [-0.3, -0.25) is 19.5 Å². The highest BCUT2D eigenvalue weighted by atomic mass is 79.9. The fraction of sp³-hybridized carbons (Fsp3) is 0.222. The van der Waals surface area contributed by atoms with E-state index in [9.17, 15) is 14.9 Å². The molecule has 0 aliphatic rings. The van der Waals surface area contributed by atoms with Gasteiger partial charge >= 0.3 is 0 Å². The highest BCUT2D eigenvalue weighted by molar-refractivity contribution is 9.09. The number of hydrogen-bond acceptors (Lipinski definition) is 5. The van der Waals surface area contributed by atoms with Gasteiger partial charge in [-0.05, 0) is 32.0 Å². The number of halogens is 1. The Balaban J connectivity index is 2.37. The van der Waals surface area contributed by atoms with Crippen molar-refractivity contribution in [2.24, 2.45) is 0 Å². The molecule has 1 atom stereocenters. The number of nitrogens with zero attached hydrogens (tertiary/aromatic N) is 3. The number of nitro benzene ring substituents is 1. The molecular formula is C18H16BrN3O4. The van der Waals surface area contributed by atoms with E-state index < -0.39 is 4.92 Å². The molecule has 26 heavy (non-hydrogen) atoms. The van der Waals surface area contributed by atoms with E-state index in [1.165, 1.54) is 22.8 Å². The maximum absolute atomic E-state index is 13.2. The quantitative estimate of drug-likeness (QED) is 0.353. The molecule has 0 bridgehead atoms. The van der Waals surface area contributed by atoms with Crippen LogP contribution in [-0.4, -0.2) is 21.1 Å². The van der Waals surface area contributed by atoms with Gasteiger partial charge in [-0.15, -0.1) is 0 Å². The lowest BCUT2D eigenvalue weighted by Gasteiger charge is -2.17. The molecule has 1 heterocycles. The Bertz CT molecular complexity index is 1050. The highest BCUT2D eigenvalue weighted by Crippen LogP contribution is 2.29. The SMILES string of the molecule is CCOc1ccccc1-n1c(C(C)Br)nc2cc([N+](=O)[O-])ccc2c1=O. The number of ether oxygens (including phenoxy) is 1. The van der Waals surface area contributed by atoms with Crippen LogP contribution in [-0.2, 0) is 0 Å². The second-order valence-corrected chi connectivity index (χ2v) is 6.96. The predicted octanol–water partition coefficient (Wildman–Crippen LogP) is 4.15. The number of alkyl halides is 1. The first-order valence-corrected chi connectivity index (χ1v) is 8.93. The van der Waals surface area contributed by atoms with Gasteiger partial charge in [0, 0.05) is 12.1 Å². The second kappa shape index (κ2) is 7.25. The van der Waals surface area contributed by atoms with Crippen LogP contribution in [0.2, 0.25) is 0 Å². The van der Waals surface area contributed by atoms with Crippen molar-refractivity contribution in [3.8, 4) is 11.4 Å². The topological polar surface area (TPSA) is 87.3 Å². The first-order chi connectivity index (χ1) is 12.4. The zero-order chi connectivity index (χ0) is 18.8. The van der Waals surface area contributed by atoms with E-state index in [0.29, 0.717) is 29.3 Å². The Labute approximate surface area is 157 Å². The molecule has 0 radical (unpaired) electrons. The van der Waals surface area contributed by atoms with E-state index >= 15 is 0 Å². The fourth-order valence-corrected chi connectivity index (χ4v) is 3.03. The molecule has 0 amide bonds. The fourth-order valence-electron chi connectivity index (χ4n) is 2.72. The van der Waals surface area contributed by atoms with Gasteiger partial charge < -0.3 is 4.74 Å². The monoisotopic (exact) mass is 417 g/mol. The summed E-state index contributed by atoms with van der Waals surface area (Å²) in [5.74, 6) is 1.00. The van der Waals surface area contributed by atoms with Crippen molar-refractivity contribution < 1.29 is 9.66 Å². The molecule has 134 valence electrons. The number of fused-ring (bicyclic) bond motifs is 1. The summed E-state index contributed by atoms with van der Waals surface area (Å²) in [5.41, 5.74) is 0.451. The number of aromatic nitrogens is 2. The largest absolute Gasteiger partial charge is 0.492 e. The van der Waals surface area contributed by atoms with Crippen molar-refractivity contribution in [1.29, 1.82) is 0 Å². The summed E-state index contributed by atoms with van der Waals surface area (Å²) >= 11 is 3.46. The van der Waals surface area contributed by atoms with Gasteiger partial charge in [0.25, 0.3) is 11.2 Å². The van der Waals surface area contributed by atoms with Crippen LogP contribution in [0, 0.1) is 10.1 Å². The number of non-ortho nitro benzene ring substituents is 1. The van der Waals surface area contributed by atoms with Crippen LogP contribution < -0.4 is 10.3 Å². The summed E-state index contributed by atoms with van der Waals surface area (Å²) in [6, 6.07) is 11.3. The van der Waals surface area contributed by atoms with Crippen molar-refractivity contribution in [3.63, 3.8) is 0 Å². The highest BCUT2D eigenvalue weighted by Gasteiger charge is 2.20. The minimum absolute atomic E-state index is 0.106. The van der Waals surface area contributed by atoms with Crippen LogP contribution >= 0.6 is 15.9 Å². The normalized spacial score (nSPS) is 12.1. The third-order valence-corrected chi connectivity index (χ3v) is 4.26. The smallest absolute Gasteiger partial charge is 0.271 e. The molecule has 7 nitrogen and oxygen atoms in total. The van der Waals surface area contributed by atoms with Crippen molar-refractivity contribution in [2.75, 3.05) is 6.61 Å². The molecule has 0 aliphatic heterocycles. The Hall–Kier alpha value is -2.74. The van der Waals surface area contributed by atoms with Gasteiger partial charge in [0.05, 0.1) is 32.9 Å². The van der Waals surface area contributed by atoms with Crippen molar-refractivity contribution in [3.05, 3.63) is 68.8 Å². The van der Waals surface area contributed by atoms with E-state index in [1.54, 1.807) is 12.1 Å². The maximum atomic E-state index is 13.2. The number of para-hydroxylation sites is 2. The zero-order valence-electron chi connectivity index (χ0n) is 14.2. The molecule has 1 aromatic heterocycles. The molecule has 8 heteroatoms. The lowest BCUT2D eigenvalue weighted by atomic mass is 10.2. The molecule has 0 saturated heterocycles. The first kappa shape index (κ1) is 18.1. The maximum Gasteiger partial charge on any atom is 0.271 e. The standard InChI is InChI=1S/C18H16BrN3O4/c1-3-26-16-7-5-4-6-15(16)21-17(11(2)19)20-14-10-12(22(24)25)8-9-13(14)18(21)23/h4-11H,3H2,1-2H3. The molecule has 0 N–H and O–H groups in total. The van der Waals surface area contributed by atoms with Gasteiger partial charge in [-0.1, -0.05) is 28.1 Å². The van der Waals surface area contributed by atoms with Crippen LogP contribution in [0.1, 0.15) is 24.5 Å². The third-order valence-electron chi connectivity index (χ3n) is 3.85. The molecule has 1 unspecified atom stereocenters. The number of benzene rings is 2. The van der Waals surface area contributed by atoms with Crippen LogP contribution in [0.3, 0.4) is 0 Å². The lowest BCUT2D eigenvalue weighted by molar-refractivity contribution is -0.384. The van der Waals surface area contributed by atoms with Crippen molar-refractivity contribution >= 4 is 32.5 Å². The molecule has 2 aromatic carbocycles. The van der Waals surface area contributed by atoms with Gasteiger partial charge in [-0.2, -0.15) is 0 Å². The summed E-state index contributed by atoms with van der Waals surface area (Å²) < 4.78 is 7.14. The average Bonchev–Trinajstić information content (AvgIpc) is 2.62. The molecule has 0 fully saturated rings. The summed E-state index contributed by atoms with van der Waals surface area (Å²) in [5, 5.41) is 11.3. The summed E-state index contributed by atoms with van der Waals surface area (Å²) in [6.07, 6.45) is 0. The average molecular weight is 418 g/mol. The van der Waals surface area contributed by atoms with Crippen LogP contribution in [0.4, 0.5) is 5.69 Å². The zero-order valence-corrected chi connectivity index (χ0v) is 15.8. The number of rotatable bonds is 5. The molecule has 0 aliphatic carbocycles. The first-order valence-electron chi connectivity index (χ1n) is 8.01. The minimum atomic E-state index is -0.506. The summed E-state index contributed by atoms with van der Waals surface area (Å²) in [7, 11) is 0. The van der Waals surface area contributed by atoms with E-state index in [4.69, 9.17) is 4.74 Å². The summed E-state index contributed by atoms with van der Waals surface area (Å²) in [4.78, 5) is 27.9.